The van der Waals surface area contributed by atoms with Gasteiger partial charge in [0, 0.05) is 11.1 Å². The number of hydrogen-bond donors (Lipinski definition) is 1. The average molecular weight is 372 g/mol. The Morgan fingerprint density at radius 2 is 1.73 bits per heavy atom. The minimum atomic E-state index is -0.515. The average Bonchev–Trinajstić information content (AvgIpc) is 2.63. The van der Waals surface area contributed by atoms with E-state index in [1.54, 1.807) is 36.4 Å². The molecule has 5 heteroatoms. The van der Waals surface area contributed by atoms with Gasteiger partial charge in [-0.2, -0.15) is 0 Å². The van der Waals surface area contributed by atoms with Crippen molar-refractivity contribution < 1.29 is 13.9 Å². The van der Waals surface area contributed by atoms with Crippen molar-refractivity contribution in [3.63, 3.8) is 0 Å². The zero-order chi connectivity index (χ0) is 18.4. The highest BCUT2D eigenvalue weighted by molar-refractivity contribution is 6.30. The van der Waals surface area contributed by atoms with Crippen LogP contribution in [-0.4, -0.2) is 12.6 Å². The van der Waals surface area contributed by atoms with Crippen LogP contribution in [0.15, 0.2) is 72.8 Å². The summed E-state index contributed by atoms with van der Waals surface area (Å²) < 4.78 is 25.6. The van der Waals surface area contributed by atoms with Crippen LogP contribution in [0.1, 0.15) is 5.56 Å². The number of halogens is 2. The van der Waals surface area contributed by atoms with E-state index in [4.69, 9.17) is 26.8 Å². The van der Waals surface area contributed by atoms with Crippen LogP contribution in [0.2, 0.25) is 5.02 Å². The number of hydrogen-bond acceptors (Lipinski definition) is 3. The van der Waals surface area contributed by atoms with Crippen molar-refractivity contribution in [2.45, 2.75) is 12.5 Å². The van der Waals surface area contributed by atoms with E-state index in [2.05, 4.69) is 0 Å². The fourth-order valence-electron chi connectivity index (χ4n) is 2.52. The minimum absolute atomic E-state index is 0.0154. The molecule has 0 amide bonds. The van der Waals surface area contributed by atoms with Crippen LogP contribution < -0.4 is 15.2 Å². The van der Waals surface area contributed by atoms with Gasteiger partial charge in [-0.3, -0.25) is 0 Å². The fraction of sp³-hybridized carbons (Fsp3) is 0.143. The summed E-state index contributed by atoms with van der Waals surface area (Å²) in [5, 5.41) is 0.506. The van der Waals surface area contributed by atoms with Crippen molar-refractivity contribution in [2.75, 3.05) is 6.61 Å². The largest absolute Gasteiger partial charge is 0.488 e. The summed E-state index contributed by atoms with van der Waals surface area (Å²) in [7, 11) is 0. The van der Waals surface area contributed by atoms with Gasteiger partial charge in [0.15, 0.2) is 11.6 Å². The molecular weight excluding hydrogens is 353 g/mol. The smallest absolute Gasteiger partial charge is 0.204 e. The van der Waals surface area contributed by atoms with Crippen molar-refractivity contribution >= 4 is 11.6 Å². The molecule has 134 valence electrons. The normalized spacial score (nSPS) is 11.8. The second-order valence-electron chi connectivity index (χ2n) is 5.89. The summed E-state index contributed by atoms with van der Waals surface area (Å²) in [5.41, 5.74) is 7.26. The first-order valence-corrected chi connectivity index (χ1v) is 8.64. The highest BCUT2D eigenvalue weighted by Gasteiger charge is 2.14. The first-order chi connectivity index (χ1) is 12.6. The molecule has 1 atom stereocenters. The van der Waals surface area contributed by atoms with Crippen molar-refractivity contribution in [3.05, 3.63) is 89.2 Å². The maximum absolute atomic E-state index is 14.2. The number of rotatable bonds is 7. The third-order valence-corrected chi connectivity index (χ3v) is 3.98. The third kappa shape index (κ3) is 4.97. The highest BCUT2D eigenvalue weighted by Crippen LogP contribution is 2.35. The van der Waals surface area contributed by atoms with E-state index in [0.717, 1.165) is 5.56 Å². The Labute approximate surface area is 157 Å². The van der Waals surface area contributed by atoms with Gasteiger partial charge < -0.3 is 15.2 Å². The molecule has 0 radical (unpaired) electrons. The first kappa shape index (κ1) is 18.2. The Kier molecular flexibility index (Phi) is 6.10. The lowest BCUT2D eigenvalue weighted by Gasteiger charge is -2.16. The van der Waals surface area contributed by atoms with Gasteiger partial charge in [0.2, 0.25) is 5.75 Å². The van der Waals surface area contributed by atoms with E-state index in [9.17, 15) is 4.39 Å². The molecule has 0 aromatic heterocycles. The standard InChI is InChI=1S/C21H19ClFNO2/c22-16-8-4-9-18(13-16)26-21-19(23)10-5-11-20(21)25-14-17(24)12-15-6-2-1-3-7-15/h1-11,13,17H,12,14,24H2/t17-/m1/s1. The van der Waals surface area contributed by atoms with Crippen molar-refractivity contribution in [1.29, 1.82) is 0 Å². The van der Waals surface area contributed by atoms with Crippen molar-refractivity contribution in [3.8, 4) is 17.2 Å². The Balaban J connectivity index is 1.69. The Hall–Kier alpha value is -2.56. The van der Waals surface area contributed by atoms with Gasteiger partial charge >= 0.3 is 0 Å². The fourth-order valence-corrected chi connectivity index (χ4v) is 2.70. The van der Waals surface area contributed by atoms with E-state index in [0.29, 0.717) is 22.9 Å². The molecule has 0 bridgehead atoms. The van der Waals surface area contributed by atoms with E-state index in [1.807, 2.05) is 30.3 Å². The topological polar surface area (TPSA) is 44.5 Å². The van der Waals surface area contributed by atoms with Crippen LogP contribution in [0, 0.1) is 5.82 Å². The van der Waals surface area contributed by atoms with Gasteiger partial charge in [0.25, 0.3) is 0 Å². The monoisotopic (exact) mass is 371 g/mol. The number of para-hydroxylation sites is 1. The summed E-state index contributed by atoms with van der Waals surface area (Å²) in [6, 6.07) is 21.0. The lowest BCUT2D eigenvalue weighted by molar-refractivity contribution is 0.272. The second-order valence-corrected chi connectivity index (χ2v) is 6.32. The Morgan fingerprint density at radius 3 is 2.50 bits per heavy atom. The predicted octanol–water partition coefficient (Wildman–Crippen LogP) is 5.22. The maximum atomic E-state index is 14.2. The molecule has 3 rings (SSSR count). The van der Waals surface area contributed by atoms with Gasteiger partial charge in [-0.1, -0.05) is 54.1 Å². The van der Waals surface area contributed by atoms with Gasteiger partial charge in [-0.15, -0.1) is 0 Å². The molecule has 0 spiro atoms. The van der Waals surface area contributed by atoms with Crippen LogP contribution in [0.3, 0.4) is 0 Å². The van der Waals surface area contributed by atoms with Gasteiger partial charge in [0.05, 0.1) is 0 Å². The van der Waals surface area contributed by atoms with Crippen LogP contribution >= 0.6 is 11.6 Å². The van der Waals surface area contributed by atoms with Gasteiger partial charge in [-0.25, -0.2) is 4.39 Å². The zero-order valence-corrected chi connectivity index (χ0v) is 14.8. The maximum Gasteiger partial charge on any atom is 0.204 e. The van der Waals surface area contributed by atoms with E-state index in [1.165, 1.54) is 6.07 Å². The molecular formula is C21H19ClFNO2. The van der Waals surface area contributed by atoms with E-state index >= 15 is 0 Å². The molecule has 2 N–H and O–H groups in total. The third-order valence-electron chi connectivity index (χ3n) is 3.74. The molecule has 3 aromatic carbocycles. The van der Waals surface area contributed by atoms with Crippen LogP contribution in [0.4, 0.5) is 4.39 Å². The summed E-state index contributed by atoms with van der Waals surface area (Å²) >= 11 is 5.95. The molecule has 0 unspecified atom stereocenters. The lowest BCUT2D eigenvalue weighted by Crippen LogP contribution is -2.30. The number of nitrogens with two attached hydrogens (primary N) is 1. The van der Waals surface area contributed by atoms with E-state index in [-0.39, 0.29) is 18.4 Å². The van der Waals surface area contributed by atoms with Gasteiger partial charge in [-0.05, 0) is 42.3 Å². The molecule has 3 aromatic rings. The molecule has 0 fully saturated rings. The zero-order valence-electron chi connectivity index (χ0n) is 14.1. The summed E-state index contributed by atoms with van der Waals surface area (Å²) in [6.07, 6.45) is 0.667. The van der Waals surface area contributed by atoms with Gasteiger partial charge in [0.1, 0.15) is 12.4 Å². The number of ether oxygens (including phenoxy) is 2. The first-order valence-electron chi connectivity index (χ1n) is 8.26. The molecule has 0 aliphatic carbocycles. The second kappa shape index (κ2) is 8.70. The Bertz CT molecular complexity index is 858. The molecule has 0 aliphatic rings. The van der Waals surface area contributed by atoms with Crippen LogP contribution in [-0.2, 0) is 6.42 Å². The predicted molar refractivity (Wildman–Crippen MR) is 102 cm³/mol. The minimum Gasteiger partial charge on any atom is -0.488 e. The van der Waals surface area contributed by atoms with Crippen molar-refractivity contribution in [1.82, 2.24) is 0 Å². The molecule has 3 nitrogen and oxygen atoms in total. The van der Waals surface area contributed by atoms with Crippen LogP contribution in [0.25, 0.3) is 0 Å². The van der Waals surface area contributed by atoms with Crippen molar-refractivity contribution in [2.24, 2.45) is 5.73 Å². The number of benzene rings is 3. The quantitative estimate of drug-likeness (QED) is 0.619. The molecule has 26 heavy (non-hydrogen) atoms. The Morgan fingerprint density at radius 1 is 0.962 bits per heavy atom. The van der Waals surface area contributed by atoms with Crippen LogP contribution in [0.5, 0.6) is 17.2 Å². The molecule has 0 saturated heterocycles. The molecule has 0 aliphatic heterocycles. The van der Waals surface area contributed by atoms with E-state index < -0.39 is 5.82 Å². The summed E-state index contributed by atoms with van der Waals surface area (Å²) in [6.45, 7) is 0.240. The lowest BCUT2D eigenvalue weighted by atomic mass is 10.1. The molecule has 0 saturated carbocycles. The SMILES string of the molecule is N[C@@H](COc1cccc(F)c1Oc1cccc(Cl)c1)Cc1ccccc1. The summed E-state index contributed by atoms with van der Waals surface area (Å²) in [5.74, 6) is 0.232. The molecule has 0 heterocycles. The summed E-state index contributed by atoms with van der Waals surface area (Å²) in [4.78, 5) is 0. The highest BCUT2D eigenvalue weighted by atomic mass is 35.5.